The van der Waals surface area contributed by atoms with Gasteiger partial charge >= 0.3 is 6.03 Å². The maximum Gasteiger partial charge on any atom is 0.324 e. The molecule has 0 aliphatic carbocycles. The van der Waals surface area contributed by atoms with Crippen molar-refractivity contribution in [3.05, 3.63) is 59.7 Å². The van der Waals surface area contributed by atoms with Crippen molar-refractivity contribution < 1.29 is 19.1 Å². The zero-order valence-electron chi connectivity index (χ0n) is 13.6. The summed E-state index contributed by atoms with van der Waals surface area (Å²) in [6.45, 7) is 0.139. The fraction of sp³-hybridized carbons (Fsp3) is 0.167. The van der Waals surface area contributed by atoms with Gasteiger partial charge in [0.15, 0.2) is 0 Å². The van der Waals surface area contributed by atoms with E-state index in [0.29, 0.717) is 22.6 Å². The van der Waals surface area contributed by atoms with Gasteiger partial charge in [0.25, 0.3) is 5.91 Å². The van der Waals surface area contributed by atoms with Gasteiger partial charge in [-0.3, -0.25) is 14.5 Å². The molecule has 1 aliphatic rings. The van der Waals surface area contributed by atoms with Crippen LogP contribution in [0.25, 0.3) is 0 Å². The molecular formula is C18H17N3O4. The van der Waals surface area contributed by atoms with E-state index in [9.17, 15) is 14.4 Å². The smallest absolute Gasteiger partial charge is 0.324 e. The second-order valence-electron chi connectivity index (χ2n) is 5.53. The maximum absolute atomic E-state index is 12.4. The van der Waals surface area contributed by atoms with E-state index in [-0.39, 0.29) is 24.9 Å². The summed E-state index contributed by atoms with van der Waals surface area (Å²) < 4.78 is 5.13. The number of benzene rings is 2. The number of carbonyl (C=O) groups excluding carboxylic acids is 3. The van der Waals surface area contributed by atoms with Crippen LogP contribution in [0.2, 0.25) is 0 Å². The minimum absolute atomic E-state index is 0.00878. The summed E-state index contributed by atoms with van der Waals surface area (Å²) in [6, 6.07) is 13.4. The van der Waals surface area contributed by atoms with E-state index in [1.165, 1.54) is 0 Å². The molecule has 0 radical (unpaired) electrons. The maximum atomic E-state index is 12.4. The zero-order valence-corrected chi connectivity index (χ0v) is 13.6. The fourth-order valence-electron chi connectivity index (χ4n) is 2.51. The fourth-order valence-corrected chi connectivity index (χ4v) is 2.51. The molecule has 1 heterocycles. The zero-order chi connectivity index (χ0) is 17.8. The van der Waals surface area contributed by atoms with Crippen LogP contribution in [0.4, 0.5) is 10.5 Å². The van der Waals surface area contributed by atoms with Gasteiger partial charge in [-0.2, -0.15) is 0 Å². The first-order valence-electron chi connectivity index (χ1n) is 7.69. The highest BCUT2D eigenvalue weighted by atomic mass is 16.5. The Morgan fingerprint density at radius 3 is 2.72 bits per heavy atom. The highest BCUT2D eigenvalue weighted by Crippen LogP contribution is 2.18. The molecule has 0 spiro atoms. The third kappa shape index (κ3) is 3.77. The number of nitrogens with zero attached hydrogens (tertiary/aromatic N) is 1. The molecule has 2 N–H and O–H groups in total. The third-order valence-corrected chi connectivity index (χ3v) is 3.79. The van der Waals surface area contributed by atoms with Crippen molar-refractivity contribution in [2.75, 3.05) is 19.0 Å². The monoisotopic (exact) mass is 339 g/mol. The quantitative estimate of drug-likeness (QED) is 0.816. The Kier molecular flexibility index (Phi) is 4.65. The number of carbonyl (C=O) groups is 3. The van der Waals surface area contributed by atoms with Gasteiger partial charge in [0.2, 0.25) is 5.91 Å². The number of urea groups is 1. The molecule has 0 aromatic heterocycles. The van der Waals surface area contributed by atoms with Crippen LogP contribution >= 0.6 is 0 Å². The largest absolute Gasteiger partial charge is 0.497 e. The van der Waals surface area contributed by atoms with E-state index < -0.39 is 6.03 Å². The van der Waals surface area contributed by atoms with Gasteiger partial charge in [0.05, 0.1) is 20.2 Å². The average molecular weight is 339 g/mol. The van der Waals surface area contributed by atoms with E-state index in [1.807, 2.05) is 0 Å². The molecule has 4 amide bonds. The first-order valence-corrected chi connectivity index (χ1v) is 7.69. The Labute approximate surface area is 144 Å². The molecule has 2 aromatic rings. The van der Waals surface area contributed by atoms with E-state index in [1.54, 1.807) is 55.6 Å². The minimum Gasteiger partial charge on any atom is -0.497 e. The molecule has 1 fully saturated rings. The topological polar surface area (TPSA) is 87.7 Å². The summed E-state index contributed by atoms with van der Waals surface area (Å²) in [5, 5.41) is 5.26. The van der Waals surface area contributed by atoms with Gasteiger partial charge in [-0.25, -0.2) is 4.79 Å². The van der Waals surface area contributed by atoms with Crippen molar-refractivity contribution in [1.29, 1.82) is 0 Å². The number of rotatable bonds is 5. The summed E-state index contributed by atoms with van der Waals surface area (Å²) in [4.78, 5) is 36.8. The summed E-state index contributed by atoms with van der Waals surface area (Å²) in [5.74, 6) is 0.0775. The highest BCUT2D eigenvalue weighted by Gasteiger charge is 2.28. The molecule has 0 atom stereocenters. The molecule has 1 saturated heterocycles. The molecule has 0 unspecified atom stereocenters. The number of imide groups is 1. The Bertz CT molecular complexity index is 819. The normalized spacial score (nSPS) is 13.6. The van der Waals surface area contributed by atoms with Crippen molar-refractivity contribution >= 4 is 23.5 Å². The van der Waals surface area contributed by atoms with Gasteiger partial charge in [-0.05, 0) is 29.8 Å². The number of amides is 4. The molecule has 7 heteroatoms. The Balaban J connectivity index is 1.73. The van der Waals surface area contributed by atoms with Crippen LogP contribution in [0.15, 0.2) is 48.5 Å². The van der Waals surface area contributed by atoms with Crippen molar-refractivity contribution in [1.82, 2.24) is 10.2 Å². The molecule has 2 aromatic carbocycles. The highest BCUT2D eigenvalue weighted by molar-refractivity contribution is 6.04. The predicted octanol–water partition coefficient (Wildman–Crippen LogP) is 2.00. The van der Waals surface area contributed by atoms with E-state index in [4.69, 9.17) is 4.74 Å². The van der Waals surface area contributed by atoms with Gasteiger partial charge in [0.1, 0.15) is 5.75 Å². The van der Waals surface area contributed by atoms with E-state index in [2.05, 4.69) is 10.6 Å². The molecule has 1 aliphatic heterocycles. The average Bonchev–Trinajstić information content (AvgIpc) is 2.94. The first-order chi connectivity index (χ1) is 12.1. The van der Waals surface area contributed by atoms with Gasteiger partial charge in [-0.15, -0.1) is 0 Å². The van der Waals surface area contributed by atoms with Crippen LogP contribution in [0.3, 0.4) is 0 Å². The Morgan fingerprint density at radius 1 is 1.20 bits per heavy atom. The van der Waals surface area contributed by atoms with E-state index >= 15 is 0 Å². The van der Waals surface area contributed by atoms with Crippen LogP contribution in [-0.2, 0) is 11.3 Å². The molecule has 0 bridgehead atoms. The van der Waals surface area contributed by atoms with Crippen molar-refractivity contribution in [3.8, 4) is 5.75 Å². The van der Waals surface area contributed by atoms with Crippen molar-refractivity contribution in [2.45, 2.75) is 6.54 Å². The lowest BCUT2D eigenvalue weighted by Crippen LogP contribution is -2.30. The molecular weight excluding hydrogens is 322 g/mol. The van der Waals surface area contributed by atoms with E-state index in [0.717, 1.165) is 4.90 Å². The standard InChI is InChI=1S/C18H17N3O4/c1-25-15-7-3-6-14(9-15)20-17(23)13-5-2-4-12(8-13)11-21-16(22)10-19-18(21)24/h2-9H,10-11H2,1H3,(H,19,24)(H,20,23). The molecule has 128 valence electrons. The number of nitrogens with one attached hydrogen (secondary N) is 2. The number of methoxy groups -OCH3 is 1. The summed E-state index contributed by atoms with van der Waals surface area (Å²) >= 11 is 0. The number of anilines is 1. The summed E-state index contributed by atoms with van der Waals surface area (Å²) in [5.41, 5.74) is 1.75. The number of hydrogen-bond donors (Lipinski definition) is 2. The molecule has 0 saturated carbocycles. The van der Waals surface area contributed by atoms with Gasteiger partial charge in [0, 0.05) is 17.3 Å². The van der Waals surface area contributed by atoms with Crippen LogP contribution in [-0.4, -0.2) is 36.4 Å². The first kappa shape index (κ1) is 16.5. The van der Waals surface area contributed by atoms with Crippen LogP contribution < -0.4 is 15.4 Å². The lowest BCUT2D eigenvalue weighted by molar-refractivity contribution is -0.125. The second-order valence-corrected chi connectivity index (χ2v) is 5.53. The Morgan fingerprint density at radius 2 is 2.00 bits per heavy atom. The lowest BCUT2D eigenvalue weighted by Gasteiger charge is -2.13. The minimum atomic E-state index is -0.420. The lowest BCUT2D eigenvalue weighted by atomic mass is 10.1. The van der Waals surface area contributed by atoms with Crippen molar-refractivity contribution in [3.63, 3.8) is 0 Å². The second kappa shape index (κ2) is 7.04. The number of hydrogen-bond acceptors (Lipinski definition) is 4. The van der Waals surface area contributed by atoms with Crippen LogP contribution in [0.5, 0.6) is 5.75 Å². The summed E-state index contributed by atoms with van der Waals surface area (Å²) in [7, 11) is 1.56. The molecule has 3 rings (SSSR count). The molecule has 25 heavy (non-hydrogen) atoms. The molecule has 7 nitrogen and oxygen atoms in total. The van der Waals surface area contributed by atoms with Crippen LogP contribution in [0, 0.1) is 0 Å². The van der Waals surface area contributed by atoms with Gasteiger partial charge < -0.3 is 15.4 Å². The summed E-state index contributed by atoms with van der Waals surface area (Å²) in [6.07, 6.45) is 0. The SMILES string of the molecule is COc1cccc(NC(=O)c2cccc(CN3C(=O)CNC3=O)c2)c1. The number of ether oxygens (including phenoxy) is 1. The Hall–Kier alpha value is -3.35. The third-order valence-electron chi connectivity index (χ3n) is 3.79. The van der Waals surface area contributed by atoms with Crippen LogP contribution in [0.1, 0.15) is 15.9 Å². The van der Waals surface area contributed by atoms with Gasteiger partial charge in [-0.1, -0.05) is 18.2 Å². The van der Waals surface area contributed by atoms with Crippen molar-refractivity contribution in [2.24, 2.45) is 0 Å². The predicted molar refractivity (Wildman–Crippen MR) is 91.3 cm³/mol.